The molecular weight excluding hydrogens is 278 g/mol. The van der Waals surface area contributed by atoms with E-state index in [1.807, 2.05) is 0 Å². The maximum Gasteiger partial charge on any atom is 0.126 e. The van der Waals surface area contributed by atoms with Gasteiger partial charge in [0, 0.05) is 23.7 Å². The van der Waals surface area contributed by atoms with Crippen molar-refractivity contribution in [1.29, 1.82) is 5.41 Å². The summed E-state index contributed by atoms with van der Waals surface area (Å²) in [5, 5.41) is 8.02. The van der Waals surface area contributed by atoms with Crippen LogP contribution in [0.25, 0.3) is 0 Å². The monoisotopic (exact) mass is 303 g/mol. The summed E-state index contributed by atoms with van der Waals surface area (Å²) in [6.07, 6.45) is 5.44. The van der Waals surface area contributed by atoms with Gasteiger partial charge in [0.05, 0.1) is 5.56 Å². The van der Waals surface area contributed by atoms with Crippen molar-refractivity contribution in [3.63, 3.8) is 0 Å². The Labute approximate surface area is 131 Å². The van der Waals surface area contributed by atoms with Gasteiger partial charge in [-0.1, -0.05) is 13.0 Å². The van der Waals surface area contributed by atoms with Crippen LogP contribution in [0.5, 0.6) is 0 Å². The summed E-state index contributed by atoms with van der Waals surface area (Å²) in [5.41, 5.74) is 8.05. The summed E-state index contributed by atoms with van der Waals surface area (Å²) in [6.45, 7) is 4.42. The molecule has 0 unspecified atom stereocenters. The standard InChI is InChI=1S/C17H25N3S/c1-2-21-15-5-3-4-14(16(15)17(18)19)20(10-12-6-7-12)11-13-8-9-13/h3-5,12-13H,2,6-11H2,1H3,(H3,18,19). The van der Waals surface area contributed by atoms with E-state index in [4.69, 9.17) is 11.1 Å². The molecule has 0 heterocycles. The fourth-order valence-electron chi connectivity index (χ4n) is 2.82. The number of amidine groups is 1. The first kappa shape index (κ1) is 14.8. The highest BCUT2D eigenvalue weighted by atomic mass is 32.2. The van der Waals surface area contributed by atoms with Crippen molar-refractivity contribution in [1.82, 2.24) is 0 Å². The highest BCUT2D eigenvalue weighted by Crippen LogP contribution is 2.38. The molecular formula is C17H25N3S. The highest BCUT2D eigenvalue weighted by Gasteiger charge is 2.30. The van der Waals surface area contributed by atoms with Crippen molar-refractivity contribution >= 4 is 23.3 Å². The van der Waals surface area contributed by atoms with Gasteiger partial charge in [-0.25, -0.2) is 0 Å². The Hall–Kier alpha value is -1.16. The Kier molecular flexibility index (Phi) is 4.43. The number of hydrogen-bond acceptors (Lipinski definition) is 3. The van der Waals surface area contributed by atoms with Gasteiger partial charge >= 0.3 is 0 Å². The Morgan fingerprint density at radius 1 is 1.24 bits per heavy atom. The molecule has 1 aromatic rings. The van der Waals surface area contributed by atoms with Crippen LogP contribution in [-0.4, -0.2) is 24.7 Å². The third-order valence-corrected chi connectivity index (χ3v) is 5.21. The average molecular weight is 303 g/mol. The molecule has 0 saturated heterocycles. The summed E-state index contributed by atoms with van der Waals surface area (Å²) in [7, 11) is 0. The van der Waals surface area contributed by atoms with Gasteiger partial charge in [-0.05, 0) is 55.4 Å². The lowest BCUT2D eigenvalue weighted by Gasteiger charge is -2.28. The molecule has 2 fully saturated rings. The SMILES string of the molecule is CCSc1cccc(N(CC2CC2)CC2CC2)c1C(=N)N. The van der Waals surface area contributed by atoms with Crippen molar-refractivity contribution in [3.05, 3.63) is 23.8 Å². The Morgan fingerprint density at radius 3 is 2.33 bits per heavy atom. The predicted molar refractivity (Wildman–Crippen MR) is 91.5 cm³/mol. The molecule has 1 aromatic carbocycles. The number of anilines is 1. The number of hydrogen-bond donors (Lipinski definition) is 2. The number of benzene rings is 1. The van der Waals surface area contributed by atoms with Crippen LogP contribution in [0.4, 0.5) is 5.69 Å². The molecule has 2 aliphatic carbocycles. The molecule has 3 nitrogen and oxygen atoms in total. The second kappa shape index (κ2) is 6.30. The molecule has 0 aliphatic heterocycles. The molecule has 0 atom stereocenters. The maximum absolute atomic E-state index is 8.02. The molecule has 0 amide bonds. The zero-order chi connectivity index (χ0) is 14.8. The van der Waals surface area contributed by atoms with E-state index >= 15 is 0 Å². The Balaban J connectivity index is 1.91. The van der Waals surface area contributed by atoms with Crippen LogP contribution in [0, 0.1) is 17.2 Å². The molecule has 0 spiro atoms. The summed E-state index contributed by atoms with van der Waals surface area (Å²) >= 11 is 1.78. The van der Waals surface area contributed by atoms with E-state index in [-0.39, 0.29) is 5.84 Å². The highest BCUT2D eigenvalue weighted by molar-refractivity contribution is 7.99. The first-order valence-electron chi connectivity index (χ1n) is 8.04. The van der Waals surface area contributed by atoms with Gasteiger partial charge in [-0.3, -0.25) is 5.41 Å². The maximum atomic E-state index is 8.02. The van der Waals surface area contributed by atoms with Gasteiger partial charge in [-0.2, -0.15) is 0 Å². The summed E-state index contributed by atoms with van der Waals surface area (Å²) < 4.78 is 0. The van der Waals surface area contributed by atoms with Crippen molar-refractivity contribution in [3.8, 4) is 0 Å². The number of nitrogens with one attached hydrogen (secondary N) is 1. The minimum atomic E-state index is 0.207. The van der Waals surface area contributed by atoms with Gasteiger partial charge in [0.15, 0.2) is 0 Å². The summed E-state index contributed by atoms with van der Waals surface area (Å²) in [5.74, 6) is 2.92. The quantitative estimate of drug-likeness (QED) is 0.437. The van der Waals surface area contributed by atoms with Crippen molar-refractivity contribution in [2.75, 3.05) is 23.7 Å². The molecule has 21 heavy (non-hydrogen) atoms. The Bertz CT molecular complexity index is 507. The first-order chi connectivity index (χ1) is 10.2. The topological polar surface area (TPSA) is 53.1 Å². The van der Waals surface area contributed by atoms with E-state index in [0.717, 1.165) is 41.1 Å². The van der Waals surface area contributed by atoms with E-state index in [1.165, 1.54) is 31.4 Å². The minimum absolute atomic E-state index is 0.207. The van der Waals surface area contributed by atoms with E-state index < -0.39 is 0 Å². The lowest BCUT2D eigenvalue weighted by atomic mass is 10.1. The van der Waals surface area contributed by atoms with Crippen molar-refractivity contribution in [2.24, 2.45) is 17.6 Å². The second-order valence-corrected chi connectivity index (χ2v) is 7.59. The molecule has 3 N–H and O–H groups in total. The van der Waals surface area contributed by atoms with Gasteiger partial charge in [0.1, 0.15) is 5.84 Å². The second-order valence-electron chi connectivity index (χ2n) is 6.29. The molecule has 0 aromatic heterocycles. The van der Waals surface area contributed by atoms with Crippen LogP contribution >= 0.6 is 11.8 Å². The largest absolute Gasteiger partial charge is 0.384 e. The van der Waals surface area contributed by atoms with Crippen molar-refractivity contribution < 1.29 is 0 Å². The average Bonchev–Trinajstić information content (AvgIpc) is 3.33. The summed E-state index contributed by atoms with van der Waals surface area (Å²) in [6, 6.07) is 6.37. The zero-order valence-electron chi connectivity index (χ0n) is 12.8. The number of nitrogen functional groups attached to an aromatic ring is 1. The van der Waals surface area contributed by atoms with E-state index in [0.29, 0.717) is 0 Å². The number of nitrogens with zero attached hydrogens (tertiary/aromatic N) is 1. The number of nitrogens with two attached hydrogens (primary N) is 1. The van der Waals surface area contributed by atoms with Crippen LogP contribution < -0.4 is 10.6 Å². The molecule has 2 saturated carbocycles. The van der Waals surface area contributed by atoms with Crippen LogP contribution in [0.15, 0.2) is 23.1 Å². The zero-order valence-corrected chi connectivity index (χ0v) is 13.6. The van der Waals surface area contributed by atoms with Crippen LogP contribution in [0.2, 0.25) is 0 Å². The fourth-order valence-corrected chi connectivity index (χ4v) is 3.67. The fraction of sp³-hybridized carbons (Fsp3) is 0.588. The van der Waals surface area contributed by atoms with Gasteiger partial charge in [-0.15, -0.1) is 11.8 Å². The van der Waals surface area contributed by atoms with Gasteiger partial charge < -0.3 is 10.6 Å². The lowest BCUT2D eigenvalue weighted by Crippen LogP contribution is -2.30. The van der Waals surface area contributed by atoms with Crippen LogP contribution in [0.3, 0.4) is 0 Å². The third-order valence-electron chi connectivity index (χ3n) is 4.27. The Morgan fingerprint density at radius 2 is 1.86 bits per heavy atom. The molecule has 2 aliphatic rings. The normalized spacial score (nSPS) is 17.8. The molecule has 3 rings (SSSR count). The van der Waals surface area contributed by atoms with Crippen LogP contribution in [0.1, 0.15) is 38.2 Å². The lowest BCUT2D eigenvalue weighted by molar-refractivity contribution is 0.678. The first-order valence-corrected chi connectivity index (χ1v) is 9.02. The molecule has 4 heteroatoms. The van der Waals surface area contributed by atoms with E-state index in [1.54, 1.807) is 11.8 Å². The number of thioether (sulfide) groups is 1. The molecule has 0 radical (unpaired) electrons. The molecule has 0 bridgehead atoms. The van der Waals surface area contributed by atoms with E-state index in [2.05, 4.69) is 30.0 Å². The van der Waals surface area contributed by atoms with E-state index in [9.17, 15) is 0 Å². The van der Waals surface area contributed by atoms with Crippen LogP contribution in [-0.2, 0) is 0 Å². The molecule has 114 valence electrons. The summed E-state index contributed by atoms with van der Waals surface area (Å²) in [4.78, 5) is 3.66. The number of rotatable bonds is 8. The smallest absolute Gasteiger partial charge is 0.126 e. The third kappa shape index (κ3) is 3.73. The predicted octanol–water partition coefficient (Wildman–Crippen LogP) is 3.71. The minimum Gasteiger partial charge on any atom is -0.384 e. The van der Waals surface area contributed by atoms with Crippen molar-refractivity contribution in [2.45, 2.75) is 37.5 Å². The van der Waals surface area contributed by atoms with Gasteiger partial charge in [0.2, 0.25) is 0 Å². The van der Waals surface area contributed by atoms with Gasteiger partial charge in [0.25, 0.3) is 0 Å².